The van der Waals surface area contributed by atoms with Gasteiger partial charge in [-0.25, -0.2) is 8.42 Å². The van der Waals surface area contributed by atoms with Crippen molar-refractivity contribution < 1.29 is 17.9 Å². The molecule has 0 bridgehead atoms. The second kappa shape index (κ2) is 7.05. The summed E-state index contributed by atoms with van der Waals surface area (Å²) in [4.78, 5) is 11.3. The molecule has 0 saturated carbocycles. The van der Waals surface area contributed by atoms with Gasteiger partial charge in [-0.15, -0.1) is 0 Å². The van der Waals surface area contributed by atoms with Gasteiger partial charge in [0.05, 0.1) is 18.6 Å². The molecule has 0 aliphatic carbocycles. The van der Waals surface area contributed by atoms with Crippen molar-refractivity contribution in [3.05, 3.63) is 29.8 Å². The second-order valence-electron chi connectivity index (χ2n) is 3.90. The van der Waals surface area contributed by atoms with E-state index in [1.807, 2.05) is 0 Å². The number of rotatable bonds is 4. The van der Waals surface area contributed by atoms with Gasteiger partial charge in [-0.3, -0.25) is 4.79 Å². The standard InChI is InChI=1S/C13H16N2O4S/c1-10(13(16)19-2)15-20(17,18)12-7-5-11(6-8-12)4-3-9-14/h5-8,10,15H,9,14H2,1-2H3. The number of methoxy groups -OCH3 is 1. The van der Waals surface area contributed by atoms with Gasteiger partial charge in [0.2, 0.25) is 10.0 Å². The molecule has 0 saturated heterocycles. The average molecular weight is 296 g/mol. The van der Waals surface area contributed by atoms with E-state index in [2.05, 4.69) is 21.3 Å². The lowest BCUT2D eigenvalue weighted by Crippen LogP contribution is -2.39. The van der Waals surface area contributed by atoms with Crippen molar-refractivity contribution in [1.82, 2.24) is 4.72 Å². The zero-order valence-electron chi connectivity index (χ0n) is 11.2. The van der Waals surface area contributed by atoms with Crippen LogP contribution in [0.15, 0.2) is 29.2 Å². The molecule has 1 aromatic rings. The van der Waals surface area contributed by atoms with Gasteiger partial charge in [0.25, 0.3) is 0 Å². The number of carbonyl (C=O) groups is 1. The van der Waals surface area contributed by atoms with E-state index in [0.29, 0.717) is 5.56 Å². The van der Waals surface area contributed by atoms with E-state index < -0.39 is 22.0 Å². The van der Waals surface area contributed by atoms with Crippen molar-refractivity contribution in [2.24, 2.45) is 5.73 Å². The summed E-state index contributed by atoms with van der Waals surface area (Å²) in [6, 6.07) is 5.00. The highest BCUT2D eigenvalue weighted by atomic mass is 32.2. The summed E-state index contributed by atoms with van der Waals surface area (Å²) in [7, 11) is -2.58. The SMILES string of the molecule is COC(=O)C(C)NS(=O)(=O)c1ccc(C#CCN)cc1. The Kier molecular flexibility index (Phi) is 5.70. The first-order chi connectivity index (χ1) is 9.40. The van der Waals surface area contributed by atoms with E-state index in [1.165, 1.54) is 26.2 Å². The molecular formula is C13H16N2O4S. The minimum atomic E-state index is -3.78. The third-order valence-electron chi connectivity index (χ3n) is 2.39. The van der Waals surface area contributed by atoms with Crippen LogP contribution in [-0.4, -0.2) is 34.1 Å². The summed E-state index contributed by atoms with van der Waals surface area (Å²) in [5, 5.41) is 0. The Morgan fingerprint density at radius 3 is 2.50 bits per heavy atom. The average Bonchev–Trinajstić information content (AvgIpc) is 2.44. The number of hydrogen-bond donors (Lipinski definition) is 2. The summed E-state index contributed by atoms with van der Waals surface area (Å²) in [5.74, 6) is 4.80. The lowest BCUT2D eigenvalue weighted by molar-refractivity contribution is -0.142. The van der Waals surface area contributed by atoms with E-state index in [1.54, 1.807) is 12.1 Å². The highest BCUT2D eigenvalue weighted by Gasteiger charge is 2.22. The lowest BCUT2D eigenvalue weighted by atomic mass is 10.2. The number of nitrogens with one attached hydrogen (secondary N) is 1. The molecule has 6 nitrogen and oxygen atoms in total. The number of esters is 1. The molecule has 0 radical (unpaired) electrons. The second-order valence-corrected chi connectivity index (χ2v) is 5.61. The number of carbonyl (C=O) groups excluding carboxylic acids is 1. The van der Waals surface area contributed by atoms with Crippen LogP contribution < -0.4 is 10.5 Å². The van der Waals surface area contributed by atoms with Crippen LogP contribution in [0.25, 0.3) is 0 Å². The molecule has 108 valence electrons. The molecule has 0 fully saturated rings. The normalized spacial score (nSPS) is 12.2. The summed E-state index contributed by atoms with van der Waals surface area (Å²) < 4.78 is 30.7. The largest absolute Gasteiger partial charge is 0.468 e. The fraction of sp³-hybridized carbons (Fsp3) is 0.308. The third kappa shape index (κ3) is 4.35. The maximum Gasteiger partial charge on any atom is 0.323 e. The molecule has 7 heteroatoms. The lowest BCUT2D eigenvalue weighted by Gasteiger charge is -2.12. The summed E-state index contributed by atoms with van der Waals surface area (Å²) in [6.45, 7) is 1.64. The first-order valence-electron chi connectivity index (χ1n) is 5.80. The summed E-state index contributed by atoms with van der Waals surface area (Å²) in [6.07, 6.45) is 0. The number of sulfonamides is 1. The molecule has 1 rings (SSSR count). The molecule has 1 aromatic carbocycles. The first-order valence-corrected chi connectivity index (χ1v) is 7.28. The van der Waals surface area contributed by atoms with Gasteiger partial charge in [0.15, 0.2) is 0 Å². The van der Waals surface area contributed by atoms with Crippen LogP contribution in [0, 0.1) is 11.8 Å². The van der Waals surface area contributed by atoms with Crippen LogP contribution in [0.3, 0.4) is 0 Å². The Bertz CT molecular complexity index is 627. The zero-order chi connectivity index (χ0) is 15.2. The van der Waals surface area contributed by atoms with Gasteiger partial charge in [-0.05, 0) is 31.2 Å². The highest BCUT2D eigenvalue weighted by molar-refractivity contribution is 7.89. The zero-order valence-corrected chi connectivity index (χ0v) is 12.0. The Hall–Kier alpha value is -1.88. The maximum atomic E-state index is 12.0. The molecule has 0 amide bonds. The molecule has 20 heavy (non-hydrogen) atoms. The molecule has 3 N–H and O–H groups in total. The van der Waals surface area contributed by atoms with Crippen molar-refractivity contribution in [2.75, 3.05) is 13.7 Å². The minimum absolute atomic E-state index is 0.0477. The van der Waals surface area contributed by atoms with Gasteiger partial charge in [-0.2, -0.15) is 4.72 Å². The van der Waals surface area contributed by atoms with Crippen LogP contribution in [-0.2, 0) is 19.6 Å². The maximum absolute atomic E-state index is 12.0. The molecular weight excluding hydrogens is 280 g/mol. The van der Waals surface area contributed by atoms with E-state index in [4.69, 9.17) is 5.73 Å². The Morgan fingerprint density at radius 2 is 2.00 bits per heavy atom. The van der Waals surface area contributed by atoms with E-state index in [-0.39, 0.29) is 11.4 Å². The van der Waals surface area contributed by atoms with E-state index in [0.717, 1.165) is 0 Å². The van der Waals surface area contributed by atoms with Crippen LogP contribution in [0.4, 0.5) is 0 Å². The monoisotopic (exact) mass is 296 g/mol. The van der Waals surface area contributed by atoms with Crippen LogP contribution in [0.2, 0.25) is 0 Å². The summed E-state index contributed by atoms with van der Waals surface area (Å²) in [5.41, 5.74) is 5.91. The van der Waals surface area contributed by atoms with Gasteiger partial charge >= 0.3 is 5.97 Å². The predicted octanol–water partition coefficient (Wildman–Crippen LogP) is -0.163. The minimum Gasteiger partial charge on any atom is -0.468 e. The fourth-order valence-electron chi connectivity index (χ4n) is 1.40. The quantitative estimate of drug-likeness (QED) is 0.594. The summed E-state index contributed by atoms with van der Waals surface area (Å²) >= 11 is 0. The van der Waals surface area contributed by atoms with E-state index in [9.17, 15) is 13.2 Å². The van der Waals surface area contributed by atoms with Crippen molar-refractivity contribution in [3.8, 4) is 11.8 Å². The molecule has 0 aromatic heterocycles. The van der Waals surface area contributed by atoms with Gasteiger partial charge in [0, 0.05) is 5.56 Å². The molecule has 1 unspecified atom stereocenters. The highest BCUT2D eigenvalue weighted by Crippen LogP contribution is 2.10. The molecule has 0 spiro atoms. The van der Waals surface area contributed by atoms with Crippen molar-refractivity contribution >= 4 is 16.0 Å². The van der Waals surface area contributed by atoms with E-state index >= 15 is 0 Å². The number of hydrogen-bond acceptors (Lipinski definition) is 5. The molecule has 0 aliphatic heterocycles. The Morgan fingerprint density at radius 1 is 1.40 bits per heavy atom. The van der Waals surface area contributed by atoms with Crippen LogP contribution in [0.5, 0.6) is 0 Å². The van der Waals surface area contributed by atoms with Crippen molar-refractivity contribution in [3.63, 3.8) is 0 Å². The van der Waals surface area contributed by atoms with Crippen LogP contribution in [0.1, 0.15) is 12.5 Å². The Labute approximate surface area is 118 Å². The van der Waals surface area contributed by atoms with Gasteiger partial charge in [-0.1, -0.05) is 11.8 Å². The first kappa shape index (κ1) is 16.2. The van der Waals surface area contributed by atoms with Crippen molar-refractivity contribution in [1.29, 1.82) is 0 Å². The topological polar surface area (TPSA) is 98.5 Å². The van der Waals surface area contributed by atoms with Gasteiger partial charge < -0.3 is 10.5 Å². The third-order valence-corrected chi connectivity index (χ3v) is 3.94. The number of benzene rings is 1. The van der Waals surface area contributed by atoms with Crippen molar-refractivity contribution in [2.45, 2.75) is 17.9 Å². The Balaban J connectivity index is 2.90. The number of nitrogens with two attached hydrogens (primary N) is 1. The smallest absolute Gasteiger partial charge is 0.323 e. The van der Waals surface area contributed by atoms with Gasteiger partial charge in [0.1, 0.15) is 6.04 Å². The van der Waals surface area contributed by atoms with Crippen LogP contribution >= 0.6 is 0 Å². The fourth-order valence-corrected chi connectivity index (χ4v) is 2.59. The predicted molar refractivity (Wildman–Crippen MR) is 74.2 cm³/mol. The molecule has 0 heterocycles. The number of ether oxygens (including phenoxy) is 1. The molecule has 0 aliphatic rings. The molecule has 1 atom stereocenters.